The van der Waals surface area contributed by atoms with Gasteiger partial charge in [0.1, 0.15) is 0 Å². The first-order chi connectivity index (χ1) is 8.18. The van der Waals surface area contributed by atoms with Crippen LogP contribution in [0, 0.1) is 0 Å². The fraction of sp³-hybridized carbons (Fsp3) is 0.538. The number of hydrogen-bond donors (Lipinski definition) is 0. The van der Waals surface area contributed by atoms with Crippen molar-refractivity contribution in [2.24, 2.45) is 0 Å². The van der Waals surface area contributed by atoms with Gasteiger partial charge in [0.25, 0.3) is 5.91 Å². The summed E-state index contributed by atoms with van der Waals surface area (Å²) in [5, 5.41) is 0. The lowest BCUT2D eigenvalue weighted by Crippen LogP contribution is -2.44. The highest BCUT2D eigenvalue weighted by Gasteiger charge is 2.24. The number of likely N-dealkylation sites (tertiary alicyclic amines) is 1. The van der Waals surface area contributed by atoms with E-state index in [4.69, 9.17) is 0 Å². The summed E-state index contributed by atoms with van der Waals surface area (Å²) in [5.74, 6) is 0.129. The molecule has 1 aromatic rings. The Labute approximate surface area is 102 Å². The van der Waals surface area contributed by atoms with Crippen LogP contribution in [0.1, 0.15) is 23.2 Å². The van der Waals surface area contributed by atoms with Crippen LogP contribution >= 0.6 is 0 Å². The lowest BCUT2D eigenvalue weighted by molar-refractivity contribution is 0.0663. The molecule has 0 bridgehead atoms. The lowest BCUT2D eigenvalue weighted by Gasteiger charge is -2.35. The monoisotopic (exact) mass is 233 g/mol. The summed E-state index contributed by atoms with van der Waals surface area (Å²) in [6.45, 7) is 1.70. The highest BCUT2D eigenvalue weighted by Crippen LogP contribution is 2.16. The minimum Gasteiger partial charge on any atom is -0.339 e. The van der Waals surface area contributed by atoms with Crippen molar-refractivity contribution in [1.29, 1.82) is 0 Å². The van der Waals surface area contributed by atoms with Gasteiger partial charge in [-0.1, -0.05) is 0 Å². The van der Waals surface area contributed by atoms with Crippen LogP contribution < -0.4 is 0 Å². The zero-order valence-electron chi connectivity index (χ0n) is 10.5. The summed E-state index contributed by atoms with van der Waals surface area (Å²) in [6, 6.07) is 4.16. The van der Waals surface area contributed by atoms with Crippen LogP contribution in [0.5, 0.6) is 0 Å². The highest BCUT2D eigenvalue weighted by molar-refractivity contribution is 5.94. The quantitative estimate of drug-likeness (QED) is 0.771. The molecule has 1 saturated heterocycles. The first-order valence-corrected chi connectivity index (χ1v) is 6.04. The molecule has 4 nitrogen and oxygen atoms in total. The fourth-order valence-corrected chi connectivity index (χ4v) is 2.26. The molecule has 0 aromatic carbocycles. The SMILES string of the molecule is CN(C)C1CCN(C(=O)c2ccncc2)CC1. The van der Waals surface area contributed by atoms with Gasteiger partial charge in [-0.3, -0.25) is 9.78 Å². The number of carbonyl (C=O) groups excluding carboxylic acids is 1. The molecule has 1 fully saturated rings. The van der Waals surface area contributed by atoms with Crippen molar-refractivity contribution in [3.05, 3.63) is 30.1 Å². The normalized spacial score (nSPS) is 17.5. The molecule has 2 heterocycles. The van der Waals surface area contributed by atoms with Crippen LogP contribution in [0.15, 0.2) is 24.5 Å². The maximum Gasteiger partial charge on any atom is 0.253 e. The molecule has 1 amide bonds. The summed E-state index contributed by atoms with van der Waals surface area (Å²) < 4.78 is 0. The lowest BCUT2D eigenvalue weighted by atomic mass is 10.0. The number of amides is 1. The number of pyridine rings is 1. The fourth-order valence-electron chi connectivity index (χ4n) is 2.26. The molecule has 2 rings (SSSR count). The number of aromatic nitrogens is 1. The van der Waals surface area contributed by atoms with Crippen LogP contribution in [-0.2, 0) is 0 Å². The molecule has 0 spiro atoms. The van der Waals surface area contributed by atoms with Gasteiger partial charge in [0.05, 0.1) is 0 Å². The number of nitrogens with zero attached hydrogens (tertiary/aromatic N) is 3. The Morgan fingerprint density at radius 2 is 1.88 bits per heavy atom. The van der Waals surface area contributed by atoms with E-state index in [9.17, 15) is 4.79 Å². The Kier molecular flexibility index (Phi) is 3.74. The summed E-state index contributed by atoms with van der Waals surface area (Å²) in [5.41, 5.74) is 0.739. The van der Waals surface area contributed by atoms with Crippen molar-refractivity contribution >= 4 is 5.91 Å². The summed E-state index contributed by atoms with van der Waals surface area (Å²) in [6.07, 6.45) is 5.45. The number of rotatable bonds is 2. The molecule has 0 N–H and O–H groups in total. The molecule has 0 radical (unpaired) electrons. The standard InChI is InChI=1S/C13H19N3O/c1-15(2)12-5-9-16(10-6-12)13(17)11-3-7-14-8-4-11/h3-4,7-8,12H,5-6,9-10H2,1-2H3. The van der Waals surface area contributed by atoms with Gasteiger partial charge in [0, 0.05) is 37.1 Å². The van der Waals surface area contributed by atoms with Crippen LogP contribution in [0.4, 0.5) is 0 Å². The van der Waals surface area contributed by atoms with E-state index in [-0.39, 0.29) is 5.91 Å². The average Bonchev–Trinajstić information content (AvgIpc) is 2.39. The molecule has 0 unspecified atom stereocenters. The number of piperidine rings is 1. The molecule has 4 heteroatoms. The van der Waals surface area contributed by atoms with Gasteiger partial charge in [0.15, 0.2) is 0 Å². The molecule has 17 heavy (non-hydrogen) atoms. The van der Waals surface area contributed by atoms with Gasteiger partial charge in [-0.05, 0) is 39.1 Å². The van der Waals surface area contributed by atoms with E-state index < -0.39 is 0 Å². The largest absolute Gasteiger partial charge is 0.339 e. The smallest absolute Gasteiger partial charge is 0.253 e. The topological polar surface area (TPSA) is 36.4 Å². The molecular weight excluding hydrogens is 214 g/mol. The molecule has 0 aliphatic carbocycles. The summed E-state index contributed by atoms with van der Waals surface area (Å²) in [4.78, 5) is 20.3. The minimum absolute atomic E-state index is 0.129. The van der Waals surface area contributed by atoms with Gasteiger partial charge in [-0.15, -0.1) is 0 Å². The van der Waals surface area contributed by atoms with E-state index in [0.29, 0.717) is 6.04 Å². The van der Waals surface area contributed by atoms with Crippen LogP contribution in [0.3, 0.4) is 0 Å². The predicted octanol–water partition coefficient (Wildman–Crippen LogP) is 1.25. The van der Waals surface area contributed by atoms with Gasteiger partial charge in [-0.25, -0.2) is 0 Å². The summed E-state index contributed by atoms with van der Waals surface area (Å²) in [7, 11) is 4.20. The molecule has 0 atom stereocenters. The van der Waals surface area contributed by atoms with E-state index in [1.54, 1.807) is 24.5 Å². The maximum absolute atomic E-state index is 12.2. The third-order valence-electron chi connectivity index (χ3n) is 3.41. The minimum atomic E-state index is 0.129. The molecule has 1 aliphatic heterocycles. The van der Waals surface area contributed by atoms with Crippen molar-refractivity contribution < 1.29 is 4.79 Å². The second kappa shape index (κ2) is 5.27. The van der Waals surface area contributed by atoms with E-state index in [1.165, 1.54) is 0 Å². The third kappa shape index (κ3) is 2.82. The second-order valence-electron chi connectivity index (χ2n) is 4.72. The molecule has 1 aromatic heterocycles. The third-order valence-corrected chi connectivity index (χ3v) is 3.41. The molecule has 92 valence electrons. The van der Waals surface area contributed by atoms with Gasteiger partial charge in [-0.2, -0.15) is 0 Å². The van der Waals surface area contributed by atoms with Gasteiger partial charge < -0.3 is 9.80 Å². The van der Waals surface area contributed by atoms with Crippen LogP contribution in [0.25, 0.3) is 0 Å². The zero-order valence-corrected chi connectivity index (χ0v) is 10.5. The van der Waals surface area contributed by atoms with Gasteiger partial charge in [0.2, 0.25) is 0 Å². The summed E-state index contributed by atoms with van der Waals surface area (Å²) >= 11 is 0. The first-order valence-electron chi connectivity index (χ1n) is 6.04. The highest BCUT2D eigenvalue weighted by atomic mass is 16.2. The van der Waals surface area contributed by atoms with Crippen molar-refractivity contribution in [1.82, 2.24) is 14.8 Å². The van der Waals surface area contributed by atoms with Gasteiger partial charge >= 0.3 is 0 Å². The van der Waals surface area contributed by atoms with Crippen LogP contribution in [-0.4, -0.2) is 53.9 Å². The second-order valence-corrected chi connectivity index (χ2v) is 4.72. The molecular formula is C13H19N3O. The van der Waals surface area contributed by atoms with E-state index in [2.05, 4.69) is 24.0 Å². The number of hydrogen-bond acceptors (Lipinski definition) is 3. The first kappa shape index (κ1) is 12.0. The average molecular weight is 233 g/mol. The Bertz CT molecular complexity index is 370. The Morgan fingerprint density at radius 3 is 2.41 bits per heavy atom. The molecule has 1 aliphatic rings. The molecule has 0 saturated carbocycles. The predicted molar refractivity (Wildman–Crippen MR) is 66.8 cm³/mol. The Balaban J connectivity index is 1.95. The van der Waals surface area contributed by atoms with Crippen LogP contribution in [0.2, 0.25) is 0 Å². The Morgan fingerprint density at radius 1 is 1.29 bits per heavy atom. The van der Waals surface area contributed by atoms with E-state index in [1.807, 2.05) is 4.90 Å². The number of carbonyl (C=O) groups is 1. The van der Waals surface area contributed by atoms with E-state index >= 15 is 0 Å². The zero-order chi connectivity index (χ0) is 12.3. The van der Waals surface area contributed by atoms with Crippen molar-refractivity contribution in [2.75, 3.05) is 27.2 Å². The van der Waals surface area contributed by atoms with Crippen molar-refractivity contribution in [3.8, 4) is 0 Å². The maximum atomic E-state index is 12.2. The Hall–Kier alpha value is -1.42. The van der Waals surface area contributed by atoms with Crippen molar-refractivity contribution in [2.45, 2.75) is 18.9 Å². The van der Waals surface area contributed by atoms with Crippen molar-refractivity contribution in [3.63, 3.8) is 0 Å². The van der Waals surface area contributed by atoms with E-state index in [0.717, 1.165) is 31.5 Å².